The molecule has 2 aliphatic rings. The van der Waals surface area contributed by atoms with Crippen LogP contribution >= 0.6 is 0 Å². The van der Waals surface area contributed by atoms with Crippen LogP contribution in [0.1, 0.15) is 66.8 Å². The summed E-state index contributed by atoms with van der Waals surface area (Å²) in [5.74, 6) is 7.82. The average molecular weight is 369 g/mol. The Kier molecular flexibility index (Phi) is 4.95. The fraction of sp³-hybridized carbons (Fsp3) is 0.435. The minimum absolute atomic E-state index is 0.000476. The maximum absolute atomic E-state index is 13.2. The molecule has 0 spiro atoms. The number of alkyl halides is 3. The largest absolute Gasteiger partial charge is 0.417 e. The minimum atomic E-state index is -4.40. The lowest BCUT2D eigenvalue weighted by Gasteiger charge is -2.35. The van der Waals surface area contributed by atoms with E-state index in [4.69, 9.17) is 0 Å². The highest BCUT2D eigenvalue weighted by Crippen LogP contribution is 2.47. The van der Waals surface area contributed by atoms with E-state index in [9.17, 15) is 13.2 Å². The molecule has 4 heteroatoms. The Bertz CT molecular complexity index is 861. The first kappa shape index (κ1) is 18.1. The van der Waals surface area contributed by atoms with Crippen LogP contribution in [0.3, 0.4) is 0 Å². The second-order valence-electron chi connectivity index (χ2n) is 7.68. The predicted molar refractivity (Wildman–Crippen MR) is 99.1 cm³/mol. The highest BCUT2D eigenvalue weighted by Gasteiger charge is 2.35. The fourth-order valence-electron chi connectivity index (χ4n) is 4.50. The molecule has 0 amide bonds. The number of halogens is 3. The zero-order valence-electron chi connectivity index (χ0n) is 15.1. The Balaban J connectivity index is 1.63. The van der Waals surface area contributed by atoms with E-state index in [0.29, 0.717) is 11.6 Å². The van der Waals surface area contributed by atoms with Gasteiger partial charge in [0.1, 0.15) is 5.69 Å². The van der Waals surface area contributed by atoms with Crippen LogP contribution in [0.4, 0.5) is 13.2 Å². The molecule has 1 nitrogen and oxygen atoms in total. The summed E-state index contributed by atoms with van der Waals surface area (Å²) >= 11 is 0. The first-order valence-corrected chi connectivity index (χ1v) is 9.65. The maximum atomic E-state index is 13.2. The molecule has 0 radical (unpaired) electrons. The van der Waals surface area contributed by atoms with E-state index < -0.39 is 11.7 Å². The van der Waals surface area contributed by atoms with E-state index in [2.05, 4.69) is 16.8 Å². The molecule has 1 aromatic carbocycles. The molecule has 2 saturated carbocycles. The molecule has 2 unspecified atom stereocenters. The van der Waals surface area contributed by atoms with Crippen molar-refractivity contribution >= 4 is 0 Å². The molecule has 1 heterocycles. The highest BCUT2D eigenvalue weighted by atomic mass is 19.4. The Hall–Kier alpha value is -2.28. The molecular formula is C23H22F3N. The second-order valence-corrected chi connectivity index (χ2v) is 7.68. The van der Waals surface area contributed by atoms with Gasteiger partial charge in [-0.15, -0.1) is 0 Å². The molecule has 0 N–H and O–H groups in total. The van der Waals surface area contributed by atoms with Crippen molar-refractivity contribution in [2.24, 2.45) is 11.8 Å². The molecule has 2 atom stereocenters. The van der Waals surface area contributed by atoms with Crippen molar-refractivity contribution in [2.45, 2.75) is 50.6 Å². The first-order chi connectivity index (χ1) is 13.0. The number of nitrogens with zero attached hydrogens (tertiary/aromatic N) is 1. The molecule has 4 rings (SSSR count). The minimum Gasteiger partial charge on any atom is -0.247 e. The number of hydrogen-bond acceptors (Lipinski definition) is 1. The fourth-order valence-corrected chi connectivity index (χ4v) is 4.50. The van der Waals surface area contributed by atoms with Gasteiger partial charge in [-0.1, -0.05) is 24.1 Å². The molecule has 0 bridgehead atoms. The zero-order valence-corrected chi connectivity index (χ0v) is 15.1. The molecule has 0 aliphatic heterocycles. The van der Waals surface area contributed by atoms with Crippen molar-refractivity contribution in [2.75, 3.05) is 0 Å². The molecular weight excluding hydrogens is 347 g/mol. The monoisotopic (exact) mass is 369 g/mol. The third-order valence-corrected chi connectivity index (χ3v) is 6.17. The summed E-state index contributed by atoms with van der Waals surface area (Å²) in [7, 11) is 0. The van der Waals surface area contributed by atoms with Gasteiger partial charge in [-0.2, -0.15) is 13.2 Å². The van der Waals surface area contributed by atoms with E-state index in [1.54, 1.807) is 12.3 Å². The number of hydrogen-bond donors (Lipinski definition) is 0. The van der Waals surface area contributed by atoms with Crippen LogP contribution in [-0.4, -0.2) is 4.98 Å². The van der Waals surface area contributed by atoms with E-state index in [1.807, 2.05) is 12.1 Å². The molecule has 27 heavy (non-hydrogen) atoms. The third kappa shape index (κ3) is 3.88. The Morgan fingerprint density at radius 1 is 0.815 bits per heavy atom. The van der Waals surface area contributed by atoms with Crippen LogP contribution in [0.2, 0.25) is 0 Å². The summed E-state index contributed by atoms with van der Waals surface area (Å²) in [6.45, 7) is 0. The van der Waals surface area contributed by atoms with Crippen molar-refractivity contribution in [1.29, 1.82) is 0 Å². The average Bonchev–Trinajstić information content (AvgIpc) is 2.78. The van der Waals surface area contributed by atoms with E-state index in [-0.39, 0.29) is 5.56 Å². The predicted octanol–water partition coefficient (Wildman–Crippen LogP) is 6.18. The van der Waals surface area contributed by atoms with Crippen LogP contribution in [0, 0.1) is 23.7 Å². The topological polar surface area (TPSA) is 12.9 Å². The Morgan fingerprint density at radius 2 is 1.48 bits per heavy atom. The first-order valence-electron chi connectivity index (χ1n) is 9.65. The molecule has 2 aromatic rings. The number of rotatable bonds is 1. The van der Waals surface area contributed by atoms with E-state index in [1.165, 1.54) is 37.8 Å². The van der Waals surface area contributed by atoms with Crippen molar-refractivity contribution < 1.29 is 13.2 Å². The van der Waals surface area contributed by atoms with Gasteiger partial charge < -0.3 is 0 Å². The van der Waals surface area contributed by atoms with Gasteiger partial charge in [-0.3, -0.25) is 0 Å². The number of aromatic nitrogens is 1. The Labute approximate surface area is 158 Å². The maximum Gasteiger partial charge on any atom is 0.417 e. The lowest BCUT2D eigenvalue weighted by Crippen LogP contribution is -2.23. The van der Waals surface area contributed by atoms with Crippen molar-refractivity contribution in [1.82, 2.24) is 4.98 Å². The molecule has 2 aliphatic carbocycles. The summed E-state index contributed by atoms with van der Waals surface area (Å²) in [4.78, 5) is 4.39. The highest BCUT2D eigenvalue weighted by molar-refractivity contribution is 5.48. The van der Waals surface area contributed by atoms with E-state index >= 15 is 0 Å². The van der Waals surface area contributed by atoms with Crippen LogP contribution in [0.5, 0.6) is 0 Å². The van der Waals surface area contributed by atoms with Crippen LogP contribution in [0.25, 0.3) is 0 Å². The van der Waals surface area contributed by atoms with Gasteiger partial charge >= 0.3 is 6.18 Å². The van der Waals surface area contributed by atoms with Gasteiger partial charge in [0.05, 0.1) is 5.56 Å². The smallest absolute Gasteiger partial charge is 0.247 e. The van der Waals surface area contributed by atoms with Gasteiger partial charge in [0.25, 0.3) is 0 Å². The zero-order chi connectivity index (χ0) is 18.9. The van der Waals surface area contributed by atoms with Crippen molar-refractivity contribution in [3.05, 3.63) is 65.0 Å². The number of fused-ring (bicyclic) bond motifs is 1. The van der Waals surface area contributed by atoms with Crippen LogP contribution in [-0.2, 0) is 6.18 Å². The molecule has 140 valence electrons. The molecule has 2 fully saturated rings. The van der Waals surface area contributed by atoms with Gasteiger partial charge in [0.2, 0.25) is 0 Å². The molecule has 0 saturated heterocycles. The van der Waals surface area contributed by atoms with Gasteiger partial charge in [0, 0.05) is 11.8 Å². The lowest BCUT2D eigenvalue weighted by molar-refractivity contribution is -0.137. The SMILES string of the molecule is FC(F)(F)c1ccccc1C#Cc1ncccc1C1CCC2CCC2CC1. The second kappa shape index (κ2) is 7.38. The van der Waals surface area contributed by atoms with Crippen LogP contribution < -0.4 is 0 Å². The number of pyridine rings is 1. The summed E-state index contributed by atoms with van der Waals surface area (Å²) < 4.78 is 39.6. The summed E-state index contributed by atoms with van der Waals surface area (Å²) in [6, 6.07) is 9.42. The van der Waals surface area contributed by atoms with Crippen molar-refractivity contribution in [3.63, 3.8) is 0 Å². The molecule has 1 aromatic heterocycles. The quantitative estimate of drug-likeness (QED) is 0.547. The lowest BCUT2D eigenvalue weighted by atomic mass is 9.71. The van der Waals surface area contributed by atoms with Gasteiger partial charge in [-0.25, -0.2) is 4.98 Å². The van der Waals surface area contributed by atoms with Crippen LogP contribution in [0.15, 0.2) is 42.6 Å². The third-order valence-electron chi connectivity index (χ3n) is 6.17. The van der Waals surface area contributed by atoms with Gasteiger partial charge in [-0.05, 0) is 86.0 Å². The summed E-state index contributed by atoms with van der Waals surface area (Å²) in [6.07, 6.45) is 4.71. The normalized spacial score (nSPS) is 24.8. The number of benzene rings is 1. The van der Waals surface area contributed by atoms with E-state index in [0.717, 1.165) is 36.3 Å². The van der Waals surface area contributed by atoms with Gasteiger partial charge in [0.15, 0.2) is 0 Å². The Morgan fingerprint density at radius 3 is 2.15 bits per heavy atom. The summed E-state index contributed by atoms with van der Waals surface area (Å²) in [5.41, 5.74) is 1.02. The van der Waals surface area contributed by atoms with Crippen molar-refractivity contribution in [3.8, 4) is 11.8 Å². The summed E-state index contributed by atoms with van der Waals surface area (Å²) in [5, 5.41) is 0. The standard InChI is InChI=1S/C23H22F3N/c24-23(25,26)21-6-2-1-4-19(21)13-14-22-20(5-3-15-27-22)18-11-9-16-7-8-17(16)10-12-18/h1-6,15-18H,7-12H2.